The number of H-pyrrole nitrogens is 1. The van der Waals surface area contributed by atoms with Gasteiger partial charge in [-0.25, -0.2) is 0 Å². The van der Waals surface area contributed by atoms with Gasteiger partial charge in [-0.2, -0.15) is 0 Å². The van der Waals surface area contributed by atoms with Crippen LogP contribution in [0.25, 0.3) is 0 Å². The van der Waals surface area contributed by atoms with Gasteiger partial charge < -0.3 is 9.72 Å². The highest BCUT2D eigenvalue weighted by atomic mass is 16.6. The molecule has 0 bridgehead atoms. The first-order chi connectivity index (χ1) is 8.66. The van der Waals surface area contributed by atoms with E-state index in [4.69, 9.17) is 4.74 Å². The van der Waals surface area contributed by atoms with Gasteiger partial charge in [0.05, 0.1) is 30.0 Å². The Hall–Kier alpha value is -1.73. The summed E-state index contributed by atoms with van der Waals surface area (Å²) >= 11 is 0. The minimum Gasteiger partial charge on any atom is -0.380 e. The first-order valence-electron chi connectivity index (χ1n) is 5.83. The second-order valence-electron chi connectivity index (χ2n) is 4.19. The van der Waals surface area contributed by atoms with Crippen LogP contribution in [-0.4, -0.2) is 53.4 Å². The van der Waals surface area contributed by atoms with E-state index in [0.29, 0.717) is 13.2 Å². The van der Waals surface area contributed by atoms with E-state index in [1.54, 1.807) is 0 Å². The number of aromatic nitrogens is 1. The number of ketones is 1. The van der Waals surface area contributed by atoms with Crippen molar-refractivity contribution in [3.05, 3.63) is 28.1 Å². The van der Waals surface area contributed by atoms with Crippen molar-refractivity contribution in [3.8, 4) is 0 Å². The lowest BCUT2D eigenvalue weighted by Gasteiger charge is -2.17. The molecule has 7 heteroatoms. The third-order valence-corrected chi connectivity index (χ3v) is 2.86. The van der Waals surface area contributed by atoms with Crippen molar-refractivity contribution in [1.29, 1.82) is 0 Å². The summed E-state index contributed by atoms with van der Waals surface area (Å²) in [5.74, 6) is -0.134. The van der Waals surface area contributed by atoms with Crippen LogP contribution in [0.4, 0.5) is 5.69 Å². The van der Waals surface area contributed by atoms with E-state index in [0.717, 1.165) is 19.6 Å². The summed E-state index contributed by atoms with van der Waals surface area (Å²) in [7, 11) is 0. The van der Waals surface area contributed by atoms with Gasteiger partial charge in [0.25, 0.3) is 5.69 Å². The number of nitrogens with zero attached hydrogens (tertiary/aromatic N) is 2. The van der Waals surface area contributed by atoms with E-state index in [-0.39, 0.29) is 23.7 Å². The molecule has 1 aliphatic heterocycles. The zero-order valence-corrected chi connectivity index (χ0v) is 9.92. The monoisotopic (exact) mass is 253 g/mol. The van der Waals surface area contributed by atoms with Crippen molar-refractivity contribution in [2.75, 3.05) is 32.8 Å². The minimum atomic E-state index is -0.521. The van der Waals surface area contributed by atoms with Gasteiger partial charge in [-0.15, -0.1) is 0 Å². The molecule has 7 nitrogen and oxygen atoms in total. The molecule has 1 fully saturated rings. The van der Waals surface area contributed by atoms with Crippen LogP contribution in [0.15, 0.2) is 12.3 Å². The molecule has 1 aliphatic rings. The van der Waals surface area contributed by atoms with Gasteiger partial charge in [0.1, 0.15) is 0 Å². The fraction of sp³-hybridized carbons (Fsp3) is 0.545. The molecule has 2 heterocycles. The zero-order chi connectivity index (χ0) is 13.0. The first kappa shape index (κ1) is 12.7. The van der Waals surface area contributed by atoms with Gasteiger partial charge in [0, 0.05) is 25.8 Å². The third-order valence-electron chi connectivity index (χ3n) is 2.86. The van der Waals surface area contributed by atoms with Crippen LogP contribution in [0.2, 0.25) is 0 Å². The largest absolute Gasteiger partial charge is 0.380 e. The molecule has 1 saturated heterocycles. The lowest BCUT2D eigenvalue weighted by atomic mass is 10.2. The van der Waals surface area contributed by atoms with Crippen molar-refractivity contribution < 1.29 is 14.5 Å². The predicted octanol–water partition coefficient (Wildman–Crippen LogP) is 0.828. The number of nitrogens with one attached hydrogen (secondary N) is 1. The molecule has 18 heavy (non-hydrogen) atoms. The van der Waals surface area contributed by atoms with Crippen LogP contribution < -0.4 is 0 Å². The molecule has 1 N–H and O–H groups in total. The van der Waals surface area contributed by atoms with E-state index in [9.17, 15) is 14.9 Å². The van der Waals surface area contributed by atoms with Gasteiger partial charge in [0.2, 0.25) is 0 Å². The third kappa shape index (κ3) is 3.14. The molecule has 0 saturated carbocycles. The number of Topliss-reactive ketones (excluding diaryl/α,β-unsaturated/α-hetero) is 1. The summed E-state index contributed by atoms with van der Waals surface area (Å²) in [5.41, 5.74) is 0.199. The fourth-order valence-corrected chi connectivity index (χ4v) is 1.89. The lowest BCUT2D eigenvalue weighted by Crippen LogP contribution is -2.32. The molecule has 0 amide bonds. The summed E-state index contributed by atoms with van der Waals surface area (Å²) in [6, 6.07) is 1.27. The van der Waals surface area contributed by atoms with Crippen molar-refractivity contribution in [1.82, 2.24) is 9.88 Å². The van der Waals surface area contributed by atoms with E-state index in [1.165, 1.54) is 12.3 Å². The van der Waals surface area contributed by atoms with Crippen LogP contribution in [0, 0.1) is 10.1 Å². The molecular formula is C11H15N3O4. The predicted molar refractivity (Wildman–Crippen MR) is 63.7 cm³/mol. The molecule has 0 aromatic carbocycles. The van der Waals surface area contributed by atoms with E-state index < -0.39 is 4.92 Å². The average Bonchev–Trinajstić information content (AvgIpc) is 2.70. The molecule has 0 atom stereocenters. The van der Waals surface area contributed by atoms with Gasteiger partial charge in [0.15, 0.2) is 5.78 Å². The SMILES string of the molecule is O=C(CN1CCCOCC1)c1cc([N+](=O)[O-])c[nH]1. The standard InChI is InChI=1S/C11H15N3O4/c15-11(8-13-2-1-4-18-5-3-13)10-6-9(7-12-10)14(16)17/h6-7,12H,1-5,8H2. The number of carbonyl (C=O) groups is 1. The van der Waals surface area contributed by atoms with E-state index >= 15 is 0 Å². The maximum absolute atomic E-state index is 11.9. The Bertz CT molecular complexity index is 435. The van der Waals surface area contributed by atoms with E-state index in [1.807, 2.05) is 4.90 Å². The molecule has 98 valence electrons. The topological polar surface area (TPSA) is 88.5 Å². The number of hydrogen-bond acceptors (Lipinski definition) is 5. The fourth-order valence-electron chi connectivity index (χ4n) is 1.89. The second-order valence-corrected chi connectivity index (χ2v) is 4.19. The Labute approximate surface area is 104 Å². The summed E-state index contributed by atoms with van der Waals surface area (Å²) in [4.78, 5) is 26.6. The first-order valence-corrected chi connectivity index (χ1v) is 5.83. The zero-order valence-electron chi connectivity index (χ0n) is 9.92. The molecule has 0 spiro atoms. The number of carbonyl (C=O) groups excluding carboxylic acids is 1. The Morgan fingerprint density at radius 3 is 3.06 bits per heavy atom. The van der Waals surface area contributed by atoms with Crippen molar-refractivity contribution in [2.24, 2.45) is 0 Å². The minimum absolute atomic E-state index is 0.0856. The van der Waals surface area contributed by atoms with Crippen LogP contribution in [0.1, 0.15) is 16.9 Å². The van der Waals surface area contributed by atoms with Gasteiger partial charge in [-0.05, 0) is 6.42 Å². The second kappa shape index (κ2) is 5.74. The molecule has 1 aromatic heterocycles. The van der Waals surface area contributed by atoms with Crippen molar-refractivity contribution in [3.63, 3.8) is 0 Å². The van der Waals surface area contributed by atoms with Crippen LogP contribution in [0.5, 0.6) is 0 Å². The van der Waals surface area contributed by atoms with Crippen LogP contribution >= 0.6 is 0 Å². The number of nitro groups is 1. The summed E-state index contributed by atoms with van der Waals surface area (Å²) in [6.07, 6.45) is 2.14. The van der Waals surface area contributed by atoms with Gasteiger partial charge in [-0.1, -0.05) is 0 Å². The van der Waals surface area contributed by atoms with Crippen LogP contribution in [-0.2, 0) is 4.74 Å². The Balaban J connectivity index is 1.95. The smallest absolute Gasteiger partial charge is 0.287 e. The van der Waals surface area contributed by atoms with Crippen molar-refractivity contribution >= 4 is 11.5 Å². The molecule has 1 aromatic rings. The maximum Gasteiger partial charge on any atom is 0.287 e. The Morgan fingerprint density at radius 1 is 1.50 bits per heavy atom. The molecule has 0 radical (unpaired) electrons. The molecule has 0 unspecified atom stereocenters. The average molecular weight is 253 g/mol. The highest BCUT2D eigenvalue weighted by Crippen LogP contribution is 2.13. The highest BCUT2D eigenvalue weighted by molar-refractivity contribution is 5.96. The number of ether oxygens (including phenoxy) is 1. The van der Waals surface area contributed by atoms with Crippen molar-refractivity contribution in [2.45, 2.75) is 6.42 Å². The quantitative estimate of drug-likeness (QED) is 0.487. The van der Waals surface area contributed by atoms with Crippen LogP contribution in [0.3, 0.4) is 0 Å². The van der Waals surface area contributed by atoms with E-state index in [2.05, 4.69) is 4.98 Å². The van der Waals surface area contributed by atoms with Gasteiger partial charge >= 0.3 is 0 Å². The molecule has 2 rings (SSSR count). The maximum atomic E-state index is 11.9. The van der Waals surface area contributed by atoms with Gasteiger partial charge in [-0.3, -0.25) is 19.8 Å². The molecule has 0 aliphatic carbocycles. The number of rotatable bonds is 4. The summed E-state index contributed by atoms with van der Waals surface area (Å²) in [5, 5.41) is 10.5. The lowest BCUT2D eigenvalue weighted by molar-refractivity contribution is -0.384. The number of aromatic amines is 1. The highest BCUT2D eigenvalue weighted by Gasteiger charge is 2.18. The Morgan fingerprint density at radius 2 is 2.33 bits per heavy atom. The number of hydrogen-bond donors (Lipinski definition) is 1. The summed E-state index contributed by atoms with van der Waals surface area (Å²) in [6.45, 7) is 3.14. The summed E-state index contributed by atoms with van der Waals surface area (Å²) < 4.78 is 5.30. The molecular weight excluding hydrogens is 238 g/mol. The Kier molecular flexibility index (Phi) is 4.06. The normalized spacial score (nSPS) is 17.3.